The molecule has 0 atom stereocenters. The van der Waals surface area contributed by atoms with Crippen LogP contribution in [0.25, 0.3) is 76.9 Å². The summed E-state index contributed by atoms with van der Waals surface area (Å²) in [7, 11) is 0. The summed E-state index contributed by atoms with van der Waals surface area (Å²) in [6, 6.07) is 68.4. The Morgan fingerprint density at radius 1 is 0.382 bits per heavy atom. The molecule has 0 bridgehead atoms. The third-order valence-corrected chi connectivity index (χ3v) is 11.9. The lowest BCUT2D eigenvalue weighted by atomic mass is 9.82. The van der Waals surface area contributed by atoms with Gasteiger partial charge < -0.3 is 9.32 Å². The molecule has 1 aliphatic rings. The minimum atomic E-state index is -0.102. The second-order valence-electron chi connectivity index (χ2n) is 15.3. The van der Waals surface area contributed by atoms with Crippen molar-refractivity contribution in [2.75, 3.05) is 4.90 Å². The Balaban J connectivity index is 1.03. The van der Waals surface area contributed by atoms with Gasteiger partial charge in [-0.1, -0.05) is 153 Å². The number of benzene rings is 9. The Morgan fingerprint density at radius 3 is 1.69 bits per heavy atom. The zero-order valence-electron chi connectivity index (χ0n) is 30.8. The second-order valence-corrected chi connectivity index (χ2v) is 15.3. The van der Waals surface area contributed by atoms with Crippen LogP contribution in [0.1, 0.15) is 25.0 Å². The topological polar surface area (TPSA) is 16.4 Å². The molecule has 260 valence electrons. The van der Waals surface area contributed by atoms with Gasteiger partial charge in [0.2, 0.25) is 0 Å². The van der Waals surface area contributed by atoms with Gasteiger partial charge in [0.1, 0.15) is 11.2 Å². The van der Waals surface area contributed by atoms with Crippen molar-refractivity contribution in [3.05, 3.63) is 199 Å². The van der Waals surface area contributed by atoms with E-state index < -0.39 is 0 Å². The van der Waals surface area contributed by atoms with Crippen molar-refractivity contribution in [2.45, 2.75) is 19.3 Å². The Bertz CT molecular complexity index is 3110. The molecule has 0 N–H and O–H groups in total. The first-order valence-corrected chi connectivity index (χ1v) is 19.1. The summed E-state index contributed by atoms with van der Waals surface area (Å²) in [5.74, 6) is 0. The van der Waals surface area contributed by atoms with Gasteiger partial charge in [0, 0.05) is 38.6 Å². The molecule has 0 amide bonds. The van der Waals surface area contributed by atoms with Gasteiger partial charge in [-0.2, -0.15) is 0 Å². The van der Waals surface area contributed by atoms with Crippen LogP contribution in [0, 0.1) is 0 Å². The predicted molar refractivity (Wildman–Crippen MR) is 232 cm³/mol. The molecule has 1 aliphatic carbocycles. The maximum absolute atomic E-state index is 6.42. The summed E-state index contributed by atoms with van der Waals surface area (Å²) >= 11 is 0. The van der Waals surface area contributed by atoms with Gasteiger partial charge in [-0.3, -0.25) is 0 Å². The average molecular weight is 704 g/mol. The first-order chi connectivity index (χ1) is 27.0. The number of para-hydroxylation sites is 1. The normalized spacial score (nSPS) is 13.1. The van der Waals surface area contributed by atoms with Crippen molar-refractivity contribution in [3.8, 4) is 33.4 Å². The number of hydrogen-bond acceptors (Lipinski definition) is 2. The highest BCUT2D eigenvalue weighted by Gasteiger charge is 2.35. The molecule has 2 nitrogen and oxygen atoms in total. The predicted octanol–water partition coefficient (Wildman–Crippen LogP) is 15.0. The fourth-order valence-corrected chi connectivity index (χ4v) is 9.13. The molecule has 0 unspecified atom stereocenters. The number of hydrogen-bond donors (Lipinski definition) is 0. The summed E-state index contributed by atoms with van der Waals surface area (Å²) in [4.78, 5) is 2.40. The van der Waals surface area contributed by atoms with Crippen LogP contribution in [0.5, 0.6) is 0 Å². The number of anilines is 3. The highest BCUT2D eigenvalue weighted by atomic mass is 16.3. The average Bonchev–Trinajstić information content (AvgIpc) is 3.73. The Morgan fingerprint density at radius 2 is 0.909 bits per heavy atom. The Labute approximate surface area is 320 Å². The molecule has 0 aliphatic heterocycles. The van der Waals surface area contributed by atoms with E-state index in [9.17, 15) is 0 Å². The van der Waals surface area contributed by atoms with E-state index in [1.54, 1.807) is 0 Å². The van der Waals surface area contributed by atoms with E-state index in [2.05, 4.69) is 195 Å². The van der Waals surface area contributed by atoms with Crippen molar-refractivity contribution in [3.63, 3.8) is 0 Å². The van der Waals surface area contributed by atoms with Gasteiger partial charge in [-0.05, 0) is 109 Å². The van der Waals surface area contributed by atoms with Crippen LogP contribution in [0.15, 0.2) is 192 Å². The van der Waals surface area contributed by atoms with E-state index in [1.807, 2.05) is 12.1 Å². The zero-order valence-corrected chi connectivity index (χ0v) is 30.8. The molecule has 1 aromatic heterocycles. The number of furan rings is 1. The van der Waals surface area contributed by atoms with Crippen LogP contribution < -0.4 is 4.90 Å². The standard InChI is InChI=1S/C53H37NO/c1-53(2)49-19-7-5-14-44(49)45-30-29-39(33-50(45)53)54(37-25-21-35(22-26-37)41-16-9-12-34-11-3-4-13-40(34)41)38-27-23-36(24-28-38)42-17-10-18-47-43(42)31-32-48-46-15-6-8-20-51(46)55-52(47)48/h3-33H,1-2H3. The van der Waals surface area contributed by atoms with Crippen molar-refractivity contribution in [2.24, 2.45) is 0 Å². The van der Waals surface area contributed by atoms with Crippen molar-refractivity contribution in [1.29, 1.82) is 0 Å². The Kier molecular flexibility index (Phi) is 6.93. The van der Waals surface area contributed by atoms with Crippen molar-refractivity contribution in [1.82, 2.24) is 0 Å². The van der Waals surface area contributed by atoms with Gasteiger partial charge in [0.15, 0.2) is 0 Å². The third kappa shape index (κ3) is 4.88. The van der Waals surface area contributed by atoms with Crippen molar-refractivity contribution < 1.29 is 4.42 Å². The minimum absolute atomic E-state index is 0.102. The molecule has 55 heavy (non-hydrogen) atoms. The largest absolute Gasteiger partial charge is 0.455 e. The van der Waals surface area contributed by atoms with E-state index in [0.29, 0.717) is 0 Å². The quantitative estimate of drug-likeness (QED) is 0.177. The fourth-order valence-electron chi connectivity index (χ4n) is 9.13. The van der Waals surface area contributed by atoms with Gasteiger partial charge in [0.05, 0.1) is 0 Å². The molecular weight excluding hydrogens is 667 g/mol. The molecule has 10 aromatic rings. The van der Waals surface area contributed by atoms with Crippen LogP contribution in [0.4, 0.5) is 17.1 Å². The Hall–Kier alpha value is -6.90. The van der Waals surface area contributed by atoms with Crippen LogP contribution >= 0.6 is 0 Å². The zero-order chi connectivity index (χ0) is 36.7. The maximum Gasteiger partial charge on any atom is 0.143 e. The molecule has 0 fully saturated rings. The van der Waals surface area contributed by atoms with Crippen LogP contribution in [0.2, 0.25) is 0 Å². The molecule has 1 heterocycles. The monoisotopic (exact) mass is 703 g/mol. The molecule has 11 rings (SSSR count). The summed E-state index contributed by atoms with van der Waals surface area (Å²) in [6.45, 7) is 4.70. The molecule has 0 saturated heterocycles. The summed E-state index contributed by atoms with van der Waals surface area (Å²) in [5, 5.41) is 7.13. The van der Waals surface area contributed by atoms with Gasteiger partial charge in [0.25, 0.3) is 0 Å². The minimum Gasteiger partial charge on any atom is -0.455 e. The lowest BCUT2D eigenvalue weighted by Gasteiger charge is -2.28. The second kappa shape index (κ2) is 12.1. The van der Waals surface area contributed by atoms with E-state index in [-0.39, 0.29) is 5.41 Å². The van der Waals surface area contributed by atoms with Crippen LogP contribution in [-0.4, -0.2) is 0 Å². The smallest absolute Gasteiger partial charge is 0.143 e. The molecule has 0 radical (unpaired) electrons. The van der Waals surface area contributed by atoms with Gasteiger partial charge in [-0.25, -0.2) is 0 Å². The van der Waals surface area contributed by atoms with E-state index >= 15 is 0 Å². The SMILES string of the molecule is CC1(C)c2ccccc2-c2ccc(N(c3ccc(-c4cccc5ccccc45)cc3)c3ccc(-c4cccc5c4ccc4c6ccccc6oc54)cc3)cc21. The molecule has 0 saturated carbocycles. The number of nitrogens with zero attached hydrogens (tertiary/aromatic N) is 1. The summed E-state index contributed by atoms with van der Waals surface area (Å²) in [5.41, 5.74) is 15.3. The van der Waals surface area contributed by atoms with Crippen molar-refractivity contribution >= 4 is 60.5 Å². The number of fused-ring (bicyclic) bond motifs is 9. The van der Waals surface area contributed by atoms with E-state index in [0.717, 1.165) is 44.4 Å². The summed E-state index contributed by atoms with van der Waals surface area (Å²) in [6.07, 6.45) is 0. The molecular formula is C53H37NO. The third-order valence-electron chi connectivity index (χ3n) is 11.9. The maximum atomic E-state index is 6.42. The fraction of sp³-hybridized carbons (Fsp3) is 0.0566. The van der Waals surface area contributed by atoms with Crippen LogP contribution in [-0.2, 0) is 5.41 Å². The van der Waals surface area contributed by atoms with Crippen LogP contribution in [0.3, 0.4) is 0 Å². The van der Waals surface area contributed by atoms with Gasteiger partial charge in [-0.15, -0.1) is 0 Å². The first-order valence-electron chi connectivity index (χ1n) is 19.1. The molecule has 0 spiro atoms. The highest BCUT2D eigenvalue weighted by Crippen LogP contribution is 2.51. The first kappa shape index (κ1) is 31.6. The molecule has 2 heteroatoms. The number of rotatable bonds is 5. The highest BCUT2D eigenvalue weighted by molar-refractivity contribution is 6.17. The molecule has 9 aromatic carbocycles. The van der Waals surface area contributed by atoms with E-state index in [4.69, 9.17) is 4.42 Å². The lowest BCUT2D eigenvalue weighted by Crippen LogP contribution is -2.16. The summed E-state index contributed by atoms with van der Waals surface area (Å²) < 4.78 is 6.42. The van der Waals surface area contributed by atoms with E-state index in [1.165, 1.54) is 60.7 Å². The lowest BCUT2D eigenvalue weighted by molar-refractivity contribution is 0.660. The van der Waals surface area contributed by atoms with Gasteiger partial charge >= 0.3 is 0 Å².